The molecule has 0 spiro atoms. The third-order valence-corrected chi connectivity index (χ3v) is 3.84. The standard InChI is InChI=1S/C18H17N5O4/c1-13(11-14-5-3-2-4-6-14)22-12-17(27-21-22)20-18(24)19-15-7-9-16(10-8-15)23(25)26/h2-10,12-13H,11H2,1H3,(H-,19,20,21,24). The summed E-state index contributed by atoms with van der Waals surface area (Å²) in [5.74, 6) is 0.0642. The third kappa shape index (κ3) is 4.88. The molecule has 0 radical (unpaired) electrons. The van der Waals surface area contributed by atoms with Crippen molar-refractivity contribution in [3.63, 3.8) is 0 Å². The zero-order valence-electron chi connectivity index (χ0n) is 14.5. The Labute approximate surface area is 154 Å². The Bertz CT molecular complexity index is 938. The van der Waals surface area contributed by atoms with Gasteiger partial charge in [-0.1, -0.05) is 30.3 Å². The van der Waals surface area contributed by atoms with Gasteiger partial charge in [0.2, 0.25) is 5.27 Å². The van der Waals surface area contributed by atoms with E-state index in [4.69, 9.17) is 4.52 Å². The van der Waals surface area contributed by atoms with Gasteiger partial charge in [0.1, 0.15) is 0 Å². The number of nitrogens with zero attached hydrogens (tertiary/aromatic N) is 4. The molecule has 0 fully saturated rings. The predicted molar refractivity (Wildman–Crippen MR) is 95.4 cm³/mol. The highest BCUT2D eigenvalue weighted by atomic mass is 16.6. The Morgan fingerprint density at radius 2 is 1.96 bits per heavy atom. The maximum absolute atomic E-state index is 12.0. The number of aromatic nitrogens is 2. The number of hydrogen-bond donors (Lipinski definition) is 1. The number of non-ortho nitro benzene ring substituents is 1. The molecule has 3 rings (SSSR count). The van der Waals surface area contributed by atoms with E-state index >= 15 is 0 Å². The van der Waals surface area contributed by atoms with Gasteiger partial charge in [0, 0.05) is 31.2 Å². The SMILES string of the molecule is CC(Cc1ccccc1)[n+]1cc(/N=C(\[O-])Nc2ccc([N+](=O)[O-])cc2)on1. The monoisotopic (exact) mass is 367 g/mol. The van der Waals surface area contributed by atoms with E-state index in [-0.39, 0.29) is 17.6 Å². The minimum Gasteiger partial charge on any atom is -0.846 e. The van der Waals surface area contributed by atoms with Crippen LogP contribution in [0.2, 0.25) is 0 Å². The van der Waals surface area contributed by atoms with Crippen molar-refractivity contribution in [1.82, 2.24) is 5.27 Å². The van der Waals surface area contributed by atoms with E-state index < -0.39 is 10.9 Å². The largest absolute Gasteiger partial charge is 0.846 e. The van der Waals surface area contributed by atoms with E-state index in [1.807, 2.05) is 37.3 Å². The Morgan fingerprint density at radius 1 is 1.26 bits per heavy atom. The minimum atomic E-state index is -0.664. The van der Waals surface area contributed by atoms with Gasteiger partial charge in [-0.2, -0.15) is 0 Å². The number of anilines is 1. The molecule has 0 saturated heterocycles. The molecule has 0 bridgehead atoms. The van der Waals surface area contributed by atoms with Crippen molar-refractivity contribution in [2.45, 2.75) is 19.4 Å². The maximum atomic E-state index is 12.0. The van der Waals surface area contributed by atoms with Crippen LogP contribution in [-0.2, 0) is 6.42 Å². The van der Waals surface area contributed by atoms with E-state index in [0.29, 0.717) is 5.69 Å². The lowest BCUT2D eigenvalue weighted by molar-refractivity contribution is -0.782. The topological polar surface area (TPSA) is 120 Å². The molecule has 1 unspecified atom stereocenters. The molecule has 0 saturated carbocycles. The van der Waals surface area contributed by atoms with Gasteiger partial charge in [0.05, 0.1) is 10.9 Å². The fraction of sp³-hybridized carbons (Fsp3) is 0.167. The molecule has 0 aliphatic heterocycles. The molecule has 2 aromatic carbocycles. The molecular formula is C18H17N5O4. The Kier molecular flexibility index (Phi) is 5.41. The van der Waals surface area contributed by atoms with Gasteiger partial charge in [0.15, 0.2) is 6.04 Å². The summed E-state index contributed by atoms with van der Waals surface area (Å²) < 4.78 is 6.68. The quantitative estimate of drug-likeness (QED) is 0.234. The van der Waals surface area contributed by atoms with Crippen LogP contribution >= 0.6 is 0 Å². The first-order chi connectivity index (χ1) is 13.0. The van der Waals surface area contributed by atoms with Gasteiger partial charge in [0.25, 0.3) is 11.9 Å². The van der Waals surface area contributed by atoms with Crippen molar-refractivity contribution < 1.29 is 19.2 Å². The summed E-state index contributed by atoms with van der Waals surface area (Å²) in [7, 11) is 0. The first-order valence-electron chi connectivity index (χ1n) is 8.20. The molecular weight excluding hydrogens is 350 g/mol. The summed E-state index contributed by atoms with van der Waals surface area (Å²) in [5.41, 5.74) is 1.49. The highest BCUT2D eigenvalue weighted by molar-refractivity contribution is 5.87. The molecule has 9 nitrogen and oxygen atoms in total. The molecule has 9 heteroatoms. The van der Waals surface area contributed by atoms with E-state index in [0.717, 1.165) is 12.0 Å². The van der Waals surface area contributed by atoms with Gasteiger partial charge in [-0.25, -0.2) is 4.99 Å². The van der Waals surface area contributed by atoms with Crippen LogP contribution in [-0.4, -0.2) is 16.2 Å². The number of aliphatic imine (C=N–C) groups is 1. The van der Waals surface area contributed by atoms with Crippen molar-refractivity contribution in [3.8, 4) is 0 Å². The minimum absolute atomic E-state index is 0.0258. The van der Waals surface area contributed by atoms with E-state index in [1.165, 1.54) is 24.3 Å². The van der Waals surface area contributed by atoms with Crippen LogP contribution in [0.4, 0.5) is 17.3 Å². The highest BCUT2D eigenvalue weighted by Gasteiger charge is 2.19. The summed E-state index contributed by atoms with van der Waals surface area (Å²) >= 11 is 0. The molecule has 0 aliphatic rings. The third-order valence-electron chi connectivity index (χ3n) is 3.84. The van der Waals surface area contributed by atoms with Crippen LogP contribution in [0.15, 0.2) is 70.3 Å². The van der Waals surface area contributed by atoms with Gasteiger partial charge < -0.3 is 10.4 Å². The van der Waals surface area contributed by atoms with E-state index in [2.05, 4.69) is 15.6 Å². The molecule has 27 heavy (non-hydrogen) atoms. The van der Waals surface area contributed by atoms with E-state index in [1.54, 1.807) is 10.9 Å². The zero-order valence-corrected chi connectivity index (χ0v) is 14.5. The summed E-state index contributed by atoms with van der Waals surface area (Å²) in [6, 6.07) is 14.8. The lowest BCUT2D eigenvalue weighted by atomic mass is 10.1. The number of benzene rings is 2. The maximum Gasteiger partial charge on any atom is 0.322 e. The molecule has 1 atom stereocenters. The van der Waals surface area contributed by atoms with Crippen LogP contribution in [0, 0.1) is 10.1 Å². The van der Waals surface area contributed by atoms with Crippen molar-refractivity contribution in [2.75, 3.05) is 5.32 Å². The van der Waals surface area contributed by atoms with Crippen molar-refractivity contribution in [1.29, 1.82) is 0 Å². The highest BCUT2D eigenvalue weighted by Crippen LogP contribution is 2.16. The van der Waals surface area contributed by atoms with Crippen LogP contribution in [0.25, 0.3) is 0 Å². The fourth-order valence-corrected chi connectivity index (χ4v) is 2.47. The van der Waals surface area contributed by atoms with Gasteiger partial charge in [-0.15, -0.1) is 0 Å². The number of nitro groups is 1. The van der Waals surface area contributed by atoms with Gasteiger partial charge in [-0.05, 0) is 22.4 Å². The normalized spacial score (nSPS) is 12.6. The average molecular weight is 367 g/mol. The van der Waals surface area contributed by atoms with Crippen LogP contribution < -0.4 is 15.1 Å². The number of rotatable bonds is 6. The molecule has 1 heterocycles. The molecule has 1 aromatic heterocycles. The lowest BCUT2D eigenvalue weighted by Crippen LogP contribution is -2.39. The number of hydrogen-bond acceptors (Lipinski definition) is 6. The second kappa shape index (κ2) is 8.09. The summed E-state index contributed by atoms with van der Waals surface area (Å²) in [5, 5.41) is 29.0. The molecule has 138 valence electrons. The Balaban J connectivity index is 1.64. The molecule has 1 N–H and O–H groups in total. The number of amidine groups is 1. The Morgan fingerprint density at radius 3 is 2.63 bits per heavy atom. The lowest BCUT2D eigenvalue weighted by Gasteiger charge is -2.11. The fourth-order valence-electron chi connectivity index (χ4n) is 2.47. The van der Waals surface area contributed by atoms with Crippen LogP contribution in [0.1, 0.15) is 18.5 Å². The molecule has 3 aromatic rings. The zero-order chi connectivity index (χ0) is 19.2. The summed E-state index contributed by atoms with van der Waals surface area (Å²) in [6.45, 7) is 1.98. The van der Waals surface area contributed by atoms with Crippen molar-refractivity contribution in [2.24, 2.45) is 4.99 Å². The number of nitro benzene ring substituents is 1. The molecule has 0 aliphatic carbocycles. The smallest absolute Gasteiger partial charge is 0.322 e. The molecule has 0 amide bonds. The second-order valence-electron chi connectivity index (χ2n) is 5.90. The van der Waals surface area contributed by atoms with E-state index in [9.17, 15) is 15.2 Å². The summed E-state index contributed by atoms with van der Waals surface area (Å²) in [6.07, 6.45) is 2.30. The predicted octanol–water partition coefficient (Wildman–Crippen LogP) is 2.13. The Hall–Kier alpha value is -3.75. The van der Waals surface area contributed by atoms with Gasteiger partial charge in [-0.3, -0.25) is 14.6 Å². The van der Waals surface area contributed by atoms with Crippen molar-refractivity contribution >= 4 is 23.3 Å². The first-order valence-corrected chi connectivity index (χ1v) is 8.20. The van der Waals surface area contributed by atoms with Crippen LogP contribution in [0.5, 0.6) is 0 Å². The van der Waals surface area contributed by atoms with Crippen LogP contribution in [0.3, 0.4) is 0 Å². The average Bonchev–Trinajstić information content (AvgIpc) is 3.11. The second-order valence-corrected chi connectivity index (χ2v) is 5.90. The number of nitrogens with one attached hydrogen (secondary N) is 1. The van der Waals surface area contributed by atoms with Crippen molar-refractivity contribution in [3.05, 3.63) is 76.5 Å². The summed E-state index contributed by atoms with van der Waals surface area (Å²) in [4.78, 5) is 13.9. The first kappa shape index (κ1) is 18.1. The van der Waals surface area contributed by atoms with Gasteiger partial charge >= 0.3 is 5.88 Å².